The van der Waals surface area contributed by atoms with Crippen molar-refractivity contribution in [3.05, 3.63) is 0 Å². The zero-order chi connectivity index (χ0) is 11.8. The minimum absolute atomic E-state index is 0.0276. The average Bonchev–Trinajstić information content (AvgIpc) is 2.28. The number of carbonyl (C=O) groups is 1. The van der Waals surface area contributed by atoms with E-state index in [1.165, 1.54) is 32.1 Å². The molecular weight excluding hydrogens is 200 g/mol. The predicted molar refractivity (Wildman–Crippen MR) is 65.0 cm³/mol. The number of piperidine rings is 1. The van der Waals surface area contributed by atoms with Gasteiger partial charge in [0.25, 0.3) is 0 Å². The lowest BCUT2D eigenvalue weighted by molar-refractivity contribution is -0.148. The number of hydrogen-bond donors (Lipinski definition) is 1. The van der Waals surface area contributed by atoms with Crippen LogP contribution in [0.3, 0.4) is 0 Å². The third-order valence-electron chi connectivity index (χ3n) is 4.44. The van der Waals surface area contributed by atoms with Crippen LogP contribution in [0.1, 0.15) is 52.4 Å². The maximum absolute atomic E-state index is 12.4. The van der Waals surface area contributed by atoms with E-state index in [0.29, 0.717) is 6.04 Å². The molecule has 92 valence electrons. The first-order chi connectivity index (χ1) is 7.53. The van der Waals surface area contributed by atoms with Crippen molar-refractivity contribution in [3.63, 3.8) is 0 Å². The molecule has 0 spiro atoms. The molecule has 2 aliphatic rings. The van der Waals surface area contributed by atoms with Crippen molar-refractivity contribution in [2.45, 2.75) is 64.5 Å². The molecule has 1 heterocycles. The molecule has 1 unspecified atom stereocenters. The highest BCUT2D eigenvalue weighted by Crippen LogP contribution is 2.33. The van der Waals surface area contributed by atoms with Crippen LogP contribution in [0.4, 0.5) is 0 Å². The molecular formula is C13H24N2O. The quantitative estimate of drug-likeness (QED) is 0.739. The molecule has 16 heavy (non-hydrogen) atoms. The van der Waals surface area contributed by atoms with E-state index in [1.54, 1.807) is 0 Å². The van der Waals surface area contributed by atoms with Gasteiger partial charge >= 0.3 is 0 Å². The Labute approximate surface area is 98.4 Å². The zero-order valence-corrected chi connectivity index (χ0v) is 10.5. The lowest BCUT2D eigenvalue weighted by Crippen LogP contribution is -2.59. The van der Waals surface area contributed by atoms with Gasteiger partial charge in [0, 0.05) is 18.6 Å². The Morgan fingerprint density at radius 3 is 2.44 bits per heavy atom. The summed E-state index contributed by atoms with van der Waals surface area (Å²) in [6, 6.07) is 0.521. The van der Waals surface area contributed by atoms with Crippen molar-refractivity contribution in [3.8, 4) is 0 Å². The molecule has 1 amide bonds. The van der Waals surface area contributed by atoms with Crippen LogP contribution in [-0.2, 0) is 4.79 Å². The van der Waals surface area contributed by atoms with Crippen molar-refractivity contribution in [2.24, 2.45) is 11.1 Å². The lowest BCUT2D eigenvalue weighted by Gasteiger charge is -2.45. The Balaban J connectivity index is 2.08. The first kappa shape index (κ1) is 11.9. The number of hydrogen-bond acceptors (Lipinski definition) is 2. The molecule has 0 aromatic heterocycles. The van der Waals surface area contributed by atoms with Gasteiger partial charge in [-0.05, 0) is 33.1 Å². The van der Waals surface area contributed by atoms with Crippen LogP contribution in [0.15, 0.2) is 0 Å². The monoisotopic (exact) mass is 224 g/mol. The molecule has 1 aliphatic carbocycles. The molecule has 1 atom stereocenters. The van der Waals surface area contributed by atoms with Gasteiger partial charge in [0.1, 0.15) is 0 Å². The van der Waals surface area contributed by atoms with Crippen LogP contribution in [0.2, 0.25) is 0 Å². The highest BCUT2D eigenvalue weighted by atomic mass is 16.2. The van der Waals surface area contributed by atoms with Crippen LogP contribution < -0.4 is 5.73 Å². The molecule has 0 aromatic carbocycles. The SMILES string of the molecule is CC1(C)C(=O)N(C2CCCCC2)CCC1N. The first-order valence-corrected chi connectivity index (χ1v) is 6.60. The summed E-state index contributed by atoms with van der Waals surface area (Å²) in [6.07, 6.45) is 7.23. The third-order valence-corrected chi connectivity index (χ3v) is 4.44. The Morgan fingerprint density at radius 2 is 1.81 bits per heavy atom. The minimum Gasteiger partial charge on any atom is -0.339 e. The van der Waals surface area contributed by atoms with Crippen LogP contribution in [-0.4, -0.2) is 29.4 Å². The number of carbonyl (C=O) groups excluding carboxylic acids is 1. The van der Waals surface area contributed by atoms with Gasteiger partial charge in [-0.15, -0.1) is 0 Å². The second kappa shape index (κ2) is 4.36. The molecule has 1 saturated heterocycles. The lowest BCUT2D eigenvalue weighted by atomic mass is 9.77. The summed E-state index contributed by atoms with van der Waals surface area (Å²) >= 11 is 0. The summed E-state index contributed by atoms with van der Waals surface area (Å²) in [7, 11) is 0. The predicted octanol–water partition coefficient (Wildman–Crippen LogP) is 1.90. The number of amides is 1. The van der Waals surface area contributed by atoms with Gasteiger partial charge in [-0.3, -0.25) is 4.79 Å². The Kier molecular flexibility index (Phi) is 3.24. The molecule has 3 heteroatoms. The number of nitrogens with zero attached hydrogens (tertiary/aromatic N) is 1. The maximum Gasteiger partial charge on any atom is 0.230 e. The van der Waals surface area contributed by atoms with E-state index in [2.05, 4.69) is 4.90 Å². The second-order valence-electron chi connectivity index (χ2n) is 5.91. The summed E-state index contributed by atoms with van der Waals surface area (Å²) < 4.78 is 0. The highest BCUT2D eigenvalue weighted by molar-refractivity contribution is 5.84. The van der Waals surface area contributed by atoms with E-state index in [9.17, 15) is 4.79 Å². The van der Waals surface area contributed by atoms with Crippen LogP contribution in [0, 0.1) is 5.41 Å². The summed E-state index contributed by atoms with van der Waals surface area (Å²) in [6.45, 7) is 4.86. The molecule has 3 nitrogen and oxygen atoms in total. The van der Waals surface area contributed by atoms with Crippen molar-refractivity contribution in [1.82, 2.24) is 4.90 Å². The zero-order valence-electron chi connectivity index (χ0n) is 10.5. The maximum atomic E-state index is 12.4. The van der Waals surface area contributed by atoms with Crippen molar-refractivity contribution >= 4 is 5.91 Å². The molecule has 0 aromatic rings. The largest absolute Gasteiger partial charge is 0.339 e. The van der Waals surface area contributed by atoms with Crippen LogP contribution in [0.25, 0.3) is 0 Å². The van der Waals surface area contributed by atoms with Gasteiger partial charge in [0.2, 0.25) is 5.91 Å². The molecule has 2 rings (SSSR count). The van der Waals surface area contributed by atoms with E-state index in [4.69, 9.17) is 5.73 Å². The van der Waals surface area contributed by atoms with Gasteiger partial charge in [-0.25, -0.2) is 0 Å². The van der Waals surface area contributed by atoms with Crippen molar-refractivity contribution in [1.29, 1.82) is 0 Å². The summed E-state index contributed by atoms with van der Waals surface area (Å²) in [4.78, 5) is 14.5. The summed E-state index contributed by atoms with van der Waals surface area (Å²) in [5, 5.41) is 0. The molecule has 2 N–H and O–H groups in total. The van der Waals surface area contributed by atoms with Gasteiger partial charge in [-0.2, -0.15) is 0 Å². The summed E-state index contributed by atoms with van der Waals surface area (Å²) in [5.74, 6) is 0.276. The van der Waals surface area contributed by atoms with E-state index >= 15 is 0 Å². The van der Waals surface area contributed by atoms with E-state index in [1.807, 2.05) is 13.8 Å². The molecule has 0 bridgehead atoms. The second-order valence-corrected chi connectivity index (χ2v) is 5.91. The normalized spacial score (nSPS) is 31.8. The first-order valence-electron chi connectivity index (χ1n) is 6.60. The Morgan fingerprint density at radius 1 is 1.19 bits per heavy atom. The fourth-order valence-electron chi connectivity index (χ4n) is 3.01. The van der Waals surface area contributed by atoms with E-state index in [-0.39, 0.29) is 17.4 Å². The number of nitrogens with two attached hydrogens (primary N) is 1. The van der Waals surface area contributed by atoms with Gasteiger partial charge < -0.3 is 10.6 Å². The molecule has 1 aliphatic heterocycles. The molecule has 1 saturated carbocycles. The van der Waals surface area contributed by atoms with E-state index < -0.39 is 0 Å². The highest BCUT2D eigenvalue weighted by Gasteiger charge is 2.43. The minimum atomic E-state index is -0.365. The smallest absolute Gasteiger partial charge is 0.230 e. The third kappa shape index (κ3) is 1.97. The number of likely N-dealkylation sites (tertiary alicyclic amines) is 1. The van der Waals surface area contributed by atoms with Crippen molar-refractivity contribution < 1.29 is 4.79 Å². The summed E-state index contributed by atoms with van der Waals surface area (Å²) in [5.41, 5.74) is 5.68. The van der Waals surface area contributed by atoms with Gasteiger partial charge in [0.05, 0.1) is 5.41 Å². The fourth-order valence-corrected chi connectivity index (χ4v) is 3.01. The fraction of sp³-hybridized carbons (Fsp3) is 0.923. The van der Waals surface area contributed by atoms with Crippen molar-refractivity contribution in [2.75, 3.05) is 6.54 Å². The number of rotatable bonds is 1. The van der Waals surface area contributed by atoms with Crippen LogP contribution >= 0.6 is 0 Å². The van der Waals surface area contributed by atoms with Gasteiger partial charge in [-0.1, -0.05) is 19.3 Å². The topological polar surface area (TPSA) is 46.3 Å². The average molecular weight is 224 g/mol. The molecule has 0 radical (unpaired) electrons. The van der Waals surface area contributed by atoms with Crippen LogP contribution in [0.5, 0.6) is 0 Å². The Bertz CT molecular complexity index is 269. The van der Waals surface area contributed by atoms with Gasteiger partial charge in [0.15, 0.2) is 0 Å². The molecule has 2 fully saturated rings. The standard InChI is InChI=1S/C13H24N2O/c1-13(2)11(14)8-9-15(12(13)16)10-6-4-3-5-7-10/h10-11H,3-9,14H2,1-2H3. The Hall–Kier alpha value is -0.570. The van der Waals surface area contributed by atoms with E-state index in [0.717, 1.165) is 13.0 Å².